The Bertz CT molecular complexity index is 621. The zero-order chi connectivity index (χ0) is 14.6. The molecule has 5 heteroatoms. The van der Waals surface area contributed by atoms with E-state index in [-0.39, 0.29) is 0 Å². The van der Waals surface area contributed by atoms with Crippen molar-refractivity contribution in [3.8, 4) is 6.07 Å². The lowest BCUT2D eigenvalue weighted by atomic mass is 9.85. The van der Waals surface area contributed by atoms with Gasteiger partial charge in [-0.2, -0.15) is 5.26 Å². The Morgan fingerprint density at radius 3 is 2.75 bits per heavy atom. The number of nitrogens with zero attached hydrogens (tertiary/aromatic N) is 1. The van der Waals surface area contributed by atoms with E-state index in [1.54, 1.807) is 20.3 Å². The Morgan fingerprint density at radius 1 is 1.40 bits per heavy atom. The highest BCUT2D eigenvalue weighted by Gasteiger charge is 2.43. The number of methoxy groups -OCH3 is 2. The molecule has 0 spiro atoms. The molecule has 0 amide bonds. The zero-order valence-corrected chi connectivity index (χ0v) is 12.8. The Labute approximate surface area is 126 Å². The van der Waals surface area contributed by atoms with Gasteiger partial charge in [-0.1, -0.05) is 6.08 Å². The van der Waals surface area contributed by atoms with Gasteiger partial charge in [-0.3, -0.25) is 0 Å². The fourth-order valence-electron chi connectivity index (χ4n) is 2.26. The van der Waals surface area contributed by atoms with Crippen LogP contribution in [0.2, 0.25) is 0 Å². The van der Waals surface area contributed by atoms with Gasteiger partial charge in [-0.25, -0.2) is 0 Å². The Kier molecular flexibility index (Phi) is 4.48. The van der Waals surface area contributed by atoms with Gasteiger partial charge in [0.1, 0.15) is 11.5 Å². The molecule has 1 aromatic rings. The van der Waals surface area contributed by atoms with Gasteiger partial charge in [-0.05, 0) is 45.8 Å². The van der Waals surface area contributed by atoms with E-state index in [4.69, 9.17) is 19.2 Å². The number of furan rings is 1. The van der Waals surface area contributed by atoms with Gasteiger partial charge in [0.05, 0.1) is 13.2 Å². The summed E-state index contributed by atoms with van der Waals surface area (Å²) in [4.78, 5) is 0. The molecule has 0 bridgehead atoms. The fourth-order valence-corrected chi connectivity index (χ4v) is 2.56. The minimum atomic E-state index is -0.815. The quantitative estimate of drug-likeness (QED) is 0.785. The molecule has 0 saturated carbocycles. The number of ether oxygens (including phenoxy) is 2. The summed E-state index contributed by atoms with van der Waals surface area (Å²) in [7, 11) is 3.21. The lowest BCUT2D eigenvalue weighted by Crippen LogP contribution is -2.33. The number of allylic oxidation sites excluding steroid dienone is 4. The molecule has 0 radical (unpaired) electrons. The summed E-state index contributed by atoms with van der Waals surface area (Å²) < 4.78 is 17.5. The molecule has 1 aliphatic rings. The van der Waals surface area contributed by atoms with Crippen molar-refractivity contribution >= 4 is 15.9 Å². The van der Waals surface area contributed by atoms with Crippen molar-refractivity contribution in [1.29, 1.82) is 5.26 Å². The van der Waals surface area contributed by atoms with Crippen molar-refractivity contribution in [1.82, 2.24) is 0 Å². The predicted octanol–water partition coefficient (Wildman–Crippen LogP) is 3.82. The van der Waals surface area contributed by atoms with Crippen LogP contribution in [0.1, 0.15) is 12.2 Å². The first kappa shape index (κ1) is 14.6. The first-order valence-corrected chi connectivity index (χ1v) is 6.78. The number of hydrogen-bond donors (Lipinski definition) is 0. The largest absolute Gasteiger partial charge is 0.498 e. The molecule has 1 aromatic heterocycles. The van der Waals surface area contributed by atoms with Crippen molar-refractivity contribution < 1.29 is 13.9 Å². The van der Waals surface area contributed by atoms with Gasteiger partial charge in [-0.15, -0.1) is 0 Å². The third-order valence-electron chi connectivity index (χ3n) is 3.21. The average Bonchev–Trinajstić information content (AvgIpc) is 2.91. The van der Waals surface area contributed by atoms with Crippen LogP contribution in [0, 0.1) is 11.3 Å². The van der Waals surface area contributed by atoms with Crippen LogP contribution in [-0.2, 0) is 15.1 Å². The predicted molar refractivity (Wildman–Crippen MR) is 77.6 cm³/mol. The monoisotopic (exact) mass is 335 g/mol. The topological polar surface area (TPSA) is 55.4 Å². The van der Waals surface area contributed by atoms with E-state index in [1.165, 1.54) is 6.08 Å². The average molecular weight is 336 g/mol. The molecule has 1 heterocycles. The van der Waals surface area contributed by atoms with Crippen molar-refractivity contribution in [2.75, 3.05) is 14.2 Å². The standard InChI is InChI=1S/C15H14BrNO3/c1-18-12-6-5-11(4-3-9-17)10-15(12,19-2)13-7-8-14(16)20-13/h3-8H,10H2,1-2H3. The highest BCUT2D eigenvalue weighted by Crippen LogP contribution is 2.43. The smallest absolute Gasteiger partial charge is 0.186 e. The molecule has 0 aromatic carbocycles. The van der Waals surface area contributed by atoms with Crippen LogP contribution in [0.5, 0.6) is 0 Å². The molecule has 0 saturated heterocycles. The van der Waals surface area contributed by atoms with E-state index in [2.05, 4.69) is 15.9 Å². The second-order valence-electron chi connectivity index (χ2n) is 4.25. The van der Waals surface area contributed by atoms with Crippen molar-refractivity contribution in [2.45, 2.75) is 12.0 Å². The fraction of sp³-hybridized carbons (Fsp3) is 0.267. The van der Waals surface area contributed by atoms with Crippen LogP contribution in [0.25, 0.3) is 0 Å². The van der Waals surface area contributed by atoms with Gasteiger partial charge in [0.2, 0.25) is 0 Å². The van der Waals surface area contributed by atoms with Crippen LogP contribution in [0.3, 0.4) is 0 Å². The zero-order valence-electron chi connectivity index (χ0n) is 11.2. The Hall–Kier alpha value is -1.77. The van der Waals surface area contributed by atoms with Crippen LogP contribution < -0.4 is 0 Å². The van der Waals surface area contributed by atoms with Gasteiger partial charge < -0.3 is 13.9 Å². The first-order valence-electron chi connectivity index (χ1n) is 5.98. The van der Waals surface area contributed by atoms with Gasteiger partial charge in [0, 0.05) is 19.6 Å². The first-order chi connectivity index (χ1) is 9.66. The Balaban J connectivity index is 2.47. The molecule has 20 heavy (non-hydrogen) atoms. The third kappa shape index (κ3) is 2.58. The highest BCUT2D eigenvalue weighted by molar-refractivity contribution is 9.10. The van der Waals surface area contributed by atoms with Gasteiger partial charge in [0.25, 0.3) is 0 Å². The lowest BCUT2D eigenvalue weighted by molar-refractivity contribution is -0.0399. The second kappa shape index (κ2) is 6.12. The summed E-state index contributed by atoms with van der Waals surface area (Å²) in [5, 5.41) is 8.64. The number of nitriles is 1. The molecule has 4 nitrogen and oxygen atoms in total. The molecule has 0 N–H and O–H groups in total. The summed E-state index contributed by atoms with van der Waals surface area (Å²) in [5.41, 5.74) is 0.145. The maximum absolute atomic E-state index is 8.64. The molecule has 2 rings (SSSR count). The molecular weight excluding hydrogens is 322 g/mol. The molecular formula is C15H14BrNO3. The van der Waals surface area contributed by atoms with E-state index in [1.807, 2.05) is 30.4 Å². The number of halogens is 1. The lowest BCUT2D eigenvalue weighted by Gasteiger charge is -2.34. The highest BCUT2D eigenvalue weighted by atomic mass is 79.9. The summed E-state index contributed by atoms with van der Waals surface area (Å²) in [5.74, 6) is 1.31. The van der Waals surface area contributed by atoms with Crippen LogP contribution in [-0.4, -0.2) is 14.2 Å². The summed E-state index contributed by atoms with van der Waals surface area (Å²) in [6.07, 6.45) is 7.47. The normalized spacial score (nSPS) is 22.3. The van der Waals surface area contributed by atoms with Crippen molar-refractivity contribution in [3.63, 3.8) is 0 Å². The maximum Gasteiger partial charge on any atom is 0.186 e. The van der Waals surface area contributed by atoms with Crippen LogP contribution in [0.15, 0.2) is 56.9 Å². The van der Waals surface area contributed by atoms with E-state index < -0.39 is 5.60 Å². The van der Waals surface area contributed by atoms with E-state index in [9.17, 15) is 0 Å². The minimum Gasteiger partial charge on any atom is -0.498 e. The maximum atomic E-state index is 8.64. The molecule has 0 aliphatic heterocycles. The summed E-state index contributed by atoms with van der Waals surface area (Å²) in [6.45, 7) is 0. The van der Waals surface area contributed by atoms with Crippen LogP contribution >= 0.6 is 15.9 Å². The van der Waals surface area contributed by atoms with E-state index >= 15 is 0 Å². The van der Waals surface area contributed by atoms with Crippen LogP contribution in [0.4, 0.5) is 0 Å². The van der Waals surface area contributed by atoms with Gasteiger partial charge in [0.15, 0.2) is 10.3 Å². The van der Waals surface area contributed by atoms with Crippen molar-refractivity contribution in [2.24, 2.45) is 0 Å². The van der Waals surface area contributed by atoms with Gasteiger partial charge >= 0.3 is 0 Å². The number of rotatable bonds is 4. The summed E-state index contributed by atoms with van der Waals surface area (Å²) >= 11 is 3.30. The SMILES string of the molecule is COC1=CC=C(C=CC#N)CC1(OC)c1ccc(Br)o1. The minimum absolute atomic E-state index is 0.529. The third-order valence-corrected chi connectivity index (χ3v) is 3.64. The second-order valence-corrected chi connectivity index (χ2v) is 5.03. The molecule has 1 unspecified atom stereocenters. The van der Waals surface area contributed by atoms with Crippen molar-refractivity contribution in [3.05, 3.63) is 58.2 Å². The molecule has 104 valence electrons. The Morgan fingerprint density at radius 2 is 2.20 bits per heavy atom. The van der Waals surface area contributed by atoms with E-state index in [0.29, 0.717) is 22.6 Å². The number of hydrogen-bond acceptors (Lipinski definition) is 4. The molecule has 1 atom stereocenters. The summed E-state index contributed by atoms with van der Waals surface area (Å²) in [6, 6.07) is 5.64. The van der Waals surface area contributed by atoms with E-state index in [0.717, 1.165) is 5.57 Å². The molecule has 1 aliphatic carbocycles. The molecule has 0 fully saturated rings.